The SMILES string of the molecule is Cc1ccc(SCCC(=O)NCc2ccccc2)cc1. The second-order valence-corrected chi connectivity index (χ2v) is 5.84. The molecule has 0 fully saturated rings. The molecule has 0 unspecified atom stereocenters. The largest absolute Gasteiger partial charge is 0.352 e. The van der Waals surface area contributed by atoms with Gasteiger partial charge in [0.15, 0.2) is 0 Å². The Bertz CT molecular complexity index is 537. The van der Waals surface area contributed by atoms with E-state index in [0.29, 0.717) is 13.0 Å². The molecule has 0 spiro atoms. The molecule has 0 radical (unpaired) electrons. The van der Waals surface area contributed by atoms with E-state index < -0.39 is 0 Å². The molecule has 0 aliphatic rings. The summed E-state index contributed by atoms with van der Waals surface area (Å²) < 4.78 is 0. The standard InChI is InChI=1S/C17H19NOS/c1-14-7-9-16(10-8-14)20-12-11-17(19)18-13-15-5-3-2-4-6-15/h2-10H,11-13H2,1H3,(H,18,19). The van der Waals surface area contributed by atoms with Gasteiger partial charge in [-0.1, -0.05) is 48.0 Å². The van der Waals surface area contributed by atoms with E-state index in [1.807, 2.05) is 30.3 Å². The van der Waals surface area contributed by atoms with Gasteiger partial charge in [0.1, 0.15) is 0 Å². The van der Waals surface area contributed by atoms with Gasteiger partial charge in [0.2, 0.25) is 5.91 Å². The fourth-order valence-corrected chi connectivity index (χ4v) is 2.63. The van der Waals surface area contributed by atoms with E-state index in [0.717, 1.165) is 11.3 Å². The van der Waals surface area contributed by atoms with Gasteiger partial charge in [-0.25, -0.2) is 0 Å². The van der Waals surface area contributed by atoms with E-state index in [9.17, 15) is 4.79 Å². The van der Waals surface area contributed by atoms with E-state index in [4.69, 9.17) is 0 Å². The van der Waals surface area contributed by atoms with Gasteiger partial charge in [0, 0.05) is 23.6 Å². The second-order valence-electron chi connectivity index (χ2n) is 4.67. The summed E-state index contributed by atoms with van der Waals surface area (Å²) in [6.45, 7) is 2.68. The third-order valence-electron chi connectivity index (χ3n) is 2.95. The Labute approximate surface area is 124 Å². The van der Waals surface area contributed by atoms with Crippen molar-refractivity contribution in [2.45, 2.75) is 24.8 Å². The molecule has 2 aromatic carbocycles. The molecule has 0 heterocycles. The number of carbonyl (C=O) groups is 1. The van der Waals surface area contributed by atoms with Crippen LogP contribution in [0, 0.1) is 6.92 Å². The molecule has 0 aromatic heterocycles. The van der Waals surface area contributed by atoms with Crippen molar-refractivity contribution in [3.63, 3.8) is 0 Å². The van der Waals surface area contributed by atoms with Crippen molar-refractivity contribution in [3.05, 3.63) is 65.7 Å². The Morgan fingerprint density at radius 1 is 1.05 bits per heavy atom. The first-order chi connectivity index (χ1) is 9.74. The van der Waals surface area contributed by atoms with Crippen molar-refractivity contribution >= 4 is 17.7 Å². The molecule has 1 N–H and O–H groups in total. The third kappa shape index (κ3) is 5.10. The van der Waals surface area contributed by atoms with Crippen LogP contribution in [0.25, 0.3) is 0 Å². The summed E-state index contributed by atoms with van der Waals surface area (Å²) in [6, 6.07) is 18.4. The van der Waals surface area contributed by atoms with Crippen LogP contribution in [-0.2, 0) is 11.3 Å². The first-order valence-electron chi connectivity index (χ1n) is 6.74. The highest BCUT2D eigenvalue weighted by molar-refractivity contribution is 7.99. The molecule has 104 valence electrons. The van der Waals surface area contributed by atoms with Crippen LogP contribution in [-0.4, -0.2) is 11.7 Å². The van der Waals surface area contributed by atoms with Gasteiger partial charge in [-0.05, 0) is 24.6 Å². The van der Waals surface area contributed by atoms with Crippen molar-refractivity contribution in [3.8, 4) is 0 Å². The first kappa shape index (κ1) is 14.7. The Morgan fingerprint density at radius 2 is 1.75 bits per heavy atom. The second kappa shape index (κ2) is 7.75. The molecule has 3 heteroatoms. The maximum atomic E-state index is 11.7. The highest BCUT2D eigenvalue weighted by Gasteiger charge is 2.02. The minimum atomic E-state index is 0.105. The van der Waals surface area contributed by atoms with Crippen molar-refractivity contribution in [1.29, 1.82) is 0 Å². The summed E-state index contributed by atoms with van der Waals surface area (Å²) in [4.78, 5) is 13.0. The lowest BCUT2D eigenvalue weighted by atomic mass is 10.2. The van der Waals surface area contributed by atoms with Gasteiger partial charge in [0.05, 0.1) is 0 Å². The summed E-state index contributed by atoms with van der Waals surface area (Å²) in [5.74, 6) is 0.914. The summed E-state index contributed by atoms with van der Waals surface area (Å²) in [7, 11) is 0. The number of hydrogen-bond acceptors (Lipinski definition) is 2. The number of nitrogens with one attached hydrogen (secondary N) is 1. The van der Waals surface area contributed by atoms with Gasteiger partial charge in [0.25, 0.3) is 0 Å². The number of rotatable bonds is 6. The smallest absolute Gasteiger partial charge is 0.221 e. The van der Waals surface area contributed by atoms with Crippen LogP contribution in [0.2, 0.25) is 0 Å². The topological polar surface area (TPSA) is 29.1 Å². The zero-order chi connectivity index (χ0) is 14.2. The minimum Gasteiger partial charge on any atom is -0.352 e. The van der Waals surface area contributed by atoms with E-state index >= 15 is 0 Å². The van der Waals surface area contributed by atoms with Crippen LogP contribution in [0.5, 0.6) is 0 Å². The molecule has 2 aromatic rings. The average Bonchev–Trinajstić information content (AvgIpc) is 2.48. The molecule has 0 saturated carbocycles. The van der Waals surface area contributed by atoms with Gasteiger partial charge < -0.3 is 5.32 Å². The zero-order valence-electron chi connectivity index (χ0n) is 11.6. The lowest BCUT2D eigenvalue weighted by Crippen LogP contribution is -2.22. The van der Waals surface area contributed by atoms with Crippen molar-refractivity contribution < 1.29 is 4.79 Å². The lowest BCUT2D eigenvalue weighted by molar-refractivity contribution is -0.120. The predicted molar refractivity (Wildman–Crippen MR) is 84.8 cm³/mol. The summed E-state index contributed by atoms with van der Waals surface area (Å²) in [6.07, 6.45) is 0.547. The molecule has 20 heavy (non-hydrogen) atoms. The molecule has 0 bridgehead atoms. The van der Waals surface area contributed by atoms with E-state index in [-0.39, 0.29) is 5.91 Å². The van der Waals surface area contributed by atoms with Gasteiger partial charge in [-0.3, -0.25) is 4.79 Å². The molecule has 1 amide bonds. The van der Waals surface area contributed by atoms with E-state index in [2.05, 4.69) is 36.5 Å². The van der Waals surface area contributed by atoms with Crippen LogP contribution in [0.1, 0.15) is 17.5 Å². The molecular weight excluding hydrogens is 266 g/mol. The van der Waals surface area contributed by atoms with Crippen molar-refractivity contribution in [1.82, 2.24) is 5.32 Å². The lowest BCUT2D eigenvalue weighted by Gasteiger charge is -2.05. The van der Waals surface area contributed by atoms with Crippen molar-refractivity contribution in [2.75, 3.05) is 5.75 Å². The molecule has 0 aliphatic carbocycles. The highest BCUT2D eigenvalue weighted by Crippen LogP contribution is 2.18. The molecule has 2 rings (SSSR count). The van der Waals surface area contributed by atoms with Crippen LogP contribution in [0.4, 0.5) is 0 Å². The number of aryl methyl sites for hydroxylation is 1. The summed E-state index contributed by atoms with van der Waals surface area (Å²) in [5, 5.41) is 2.94. The number of carbonyl (C=O) groups excluding carboxylic acids is 1. The Balaban J connectivity index is 1.66. The quantitative estimate of drug-likeness (QED) is 0.818. The van der Waals surface area contributed by atoms with Crippen molar-refractivity contribution in [2.24, 2.45) is 0 Å². The van der Waals surface area contributed by atoms with E-state index in [1.54, 1.807) is 11.8 Å². The maximum absolute atomic E-state index is 11.7. The van der Waals surface area contributed by atoms with Gasteiger partial charge in [-0.15, -0.1) is 11.8 Å². The number of amides is 1. The number of thioether (sulfide) groups is 1. The minimum absolute atomic E-state index is 0.105. The van der Waals surface area contributed by atoms with E-state index in [1.165, 1.54) is 10.5 Å². The van der Waals surface area contributed by atoms with Crippen LogP contribution in [0.15, 0.2) is 59.5 Å². The molecule has 0 aliphatic heterocycles. The third-order valence-corrected chi connectivity index (χ3v) is 3.97. The Hall–Kier alpha value is -1.74. The van der Waals surface area contributed by atoms with Gasteiger partial charge in [-0.2, -0.15) is 0 Å². The normalized spacial score (nSPS) is 10.2. The van der Waals surface area contributed by atoms with Crippen LogP contribution in [0.3, 0.4) is 0 Å². The zero-order valence-corrected chi connectivity index (χ0v) is 12.5. The Kier molecular flexibility index (Phi) is 5.69. The predicted octanol–water partition coefficient (Wildman–Crippen LogP) is 3.79. The van der Waals surface area contributed by atoms with Gasteiger partial charge >= 0.3 is 0 Å². The van der Waals surface area contributed by atoms with Crippen LogP contribution < -0.4 is 5.32 Å². The summed E-state index contributed by atoms with van der Waals surface area (Å²) in [5.41, 5.74) is 2.39. The average molecular weight is 285 g/mol. The summed E-state index contributed by atoms with van der Waals surface area (Å²) >= 11 is 1.72. The monoisotopic (exact) mass is 285 g/mol. The molecular formula is C17H19NOS. The molecule has 2 nitrogen and oxygen atoms in total. The molecule has 0 saturated heterocycles. The fourth-order valence-electron chi connectivity index (χ4n) is 1.78. The fraction of sp³-hybridized carbons (Fsp3) is 0.235. The Morgan fingerprint density at radius 3 is 2.45 bits per heavy atom. The maximum Gasteiger partial charge on any atom is 0.221 e. The highest BCUT2D eigenvalue weighted by atomic mass is 32.2. The molecule has 0 atom stereocenters. The first-order valence-corrected chi connectivity index (χ1v) is 7.73. The number of benzene rings is 2. The number of hydrogen-bond donors (Lipinski definition) is 1. The van der Waals surface area contributed by atoms with Crippen LogP contribution >= 0.6 is 11.8 Å².